The van der Waals surface area contributed by atoms with Crippen molar-refractivity contribution >= 4 is 27.5 Å². The minimum Gasteiger partial charge on any atom is -0.465 e. The molecule has 0 aliphatic rings. The van der Waals surface area contributed by atoms with Gasteiger partial charge in [0.2, 0.25) is 10.0 Å². The molecule has 0 heterocycles. The standard InChI is InChI=1S/C19H21NO5S/c1-13-9-10-14(2)16(11-13)18(21)12-20(26(4,23)24)17-8-6-5-7-15(17)19(22)25-3/h5-11H,12H2,1-4H3. The third kappa shape index (κ3) is 4.29. The fourth-order valence-corrected chi connectivity index (χ4v) is 3.47. The van der Waals surface area contributed by atoms with Crippen LogP contribution in [-0.4, -0.2) is 40.1 Å². The highest BCUT2D eigenvalue weighted by molar-refractivity contribution is 7.92. The maximum atomic E-state index is 12.8. The van der Waals surface area contributed by atoms with E-state index in [9.17, 15) is 18.0 Å². The molecule has 0 saturated heterocycles. The first-order valence-corrected chi connectivity index (χ1v) is 9.75. The number of hydrogen-bond donors (Lipinski definition) is 0. The van der Waals surface area contributed by atoms with Crippen molar-refractivity contribution in [3.63, 3.8) is 0 Å². The summed E-state index contributed by atoms with van der Waals surface area (Å²) < 4.78 is 30.3. The topological polar surface area (TPSA) is 80.8 Å². The molecule has 0 N–H and O–H groups in total. The molecule has 0 aliphatic carbocycles. The molecule has 0 aliphatic heterocycles. The molecule has 0 atom stereocenters. The van der Waals surface area contributed by atoms with Crippen molar-refractivity contribution < 1.29 is 22.7 Å². The maximum absolute atomic E-state index is 12.8. The van der Waals surface area contributed by atoms with Gasteiger partial charge in [0.1, 0.15) is 0 Å². The number of hydrogen-bond acceptors (Lipinski definition) is 5. The monoisotopic (exact) mass is 375 g/mol. The van der Waals surface area contributed by atoms with E-state index in [2.05, 4.69) is 0 Å². The largest absolute Gasteiger partial charge is 0.465 e. The van der Waals surface area contributed by atoms with E-state index in [0.29, 0.717) is 5.56 Å². The molecular formula is C19H21NO5S. The fraction of sp³-hybridized carbons (Fsp3) is 0.263. The molecule has 0 unspecified atom stereocenters. The van der Waals surface area contributed by atoms with Crippen molar-refractivity contribution in [3.05, 3.63) is 64.7 Å². The van der Waals surface area contributed by atoms with Crippen LogP contribution in [0.25, 0.3) is 0 Å². The molecule has 2 rings (SSSR count). The zero-order valence-corrected chi connectivity index (χ0v) is 16.0. The lowest BCUT2D eigenvalue weighted by Gasteiger charge is -2.24. The number of rotatable bonds is 6. The molecule has 2 aromatic carbocycles. The van der Waals surface area contributed by atoms with Crippen molar-refractivity contribution in [3.8, 4) is 0 Å². The Balaban J connectivity index is 2.50. The summed E-state index contributed by atoms with van der Waals surface area (Å²) >= 11 is 0. The molecule has 0 bridgehead atoms. The Hall–Kier alpha value is -2.67. The summed E-state index contributed by atoms with van der Waals surface area (Å²) in [7, 11) is -2.59. The van der Waals surface area contributed by atoms with Crippen molar-refractivity contribution in [2.75, 3.05) is 24.2 Å². The Bertz CT molecular complexity index is 950. The SMILES string of the molecule is COC(=O)c1ccccc1N(CC(=O)c1cc(C)ccc1C)S(C)(=O)=O. The van der Waals surface area contributed by atoms with Gasteiger partial charge in [0.05, 0.1) is 31.2 Å². The number of para-hydroxylation sites is 1. The summed E-state index contributed by atoms with van der Waals surface area (Å²) in [6.45, 7) is 3.24. The van der Waals surface area contributed by atoms with Gasteiger partial charge in [-0.1, -0.05) is 29.8 Å². The highest BCUT2D eigenvalue weighted by Gasteiger charge is 2.26. The van der Waals surface area contributed by atoms with Crippen molar-refractivity contribution in [2.24, 2.45) is 0 Å². The van der Waals surface area contributed by atoms with Crippen molar-refractivity contribution in [1.29, 1.82) is 0 Å². The van der Waals surface area contributed by atoms with Crippen LogP contribution < -0.4 is 4.31 Å². The van der Waals surface area contributed by atoms with Crippen molar-refractivity contribution in [1.82, 2.24) is 0 Å². The second-order valence-electron chi connectivity index (χ2n) is 6.02. The number of Topliss-reactive ketones (excluding diaryl/α,β-unsaturated/α-hetero) is 1. The van der Waals surface area contributed by atoms with Gasteiger partial charge >= 0.3 is 5.97 Å². The van der Waals surface area contributed by atoms with E-state index in [4.69, 9.17) is 4.74 Å². The molecule has 26 heavy (non-hydrogen) atoms. The molecular weight excluding hydrogens is 354 g/mol. The minimum atomic E-state index is -3.80. The zero-order valence-electron chi connectivity index (χ0n) is 15.1. The van der Waals surface area contributed by atoms with E-state index >= 15 is 0 Å². The Morgan fingerprint density at radius 2 is 1.69 bits per heavy atom. The first kappa shape index (κ1) is 19.7. The first-order valence-electron chi connectivity index (χ1n) is 7.90. The molecule has 138 valence electrons. The predicted octanol–water partition coefficient (Wildman–Crippen LogP) is 2.74. The Morgan fingerprint density at radius 3 is 2.31 bits per heavy atom. The number of anilines is 1. The lowest BCUT2D eigenvalue weighted by molar-refractivity contribution is 0.0601. The summed E-state index contributed by atoms with van der Waals surface area (Å²) in [6.07, 6.45) is 0.997. The molecule has 0 spiro atoms. The number of methoxy groups -OCH3 is 1. The molecule has 0 amide bonds. The average Bonchev–Trinajstić information content (AvgIpc) is 2.59. The summed E-state index contributed by atoms with van der Waals surface area (Å²) in [4.78, 5) is 24.8. The number of carbonyl (C=O) groups excluding carboxylic acids is 2. The fourth-order valence-electron chi connectivity index (χ4n) is 2.61. The number of sulfonamides is 1. The Morgan fingerprint density at radius 1 is 1.04 bits per heavy atom. The van der Waals surface area contributed by atoms with E-state index in [1.807, 2.05) is 19.1 Å². The highest BCUT2D eigenvalue weighted by Crippen LogP contribution is 2.24. The van der Waals surface area contributed by atoms with Crippen LogP contribution in [0.15, 0.2) is 42.5 Å². The summed E-state index contributed by atoms with van der Waals surface area (Å²) in [5.41, 5.74) is 2.30. The number of ether oxygens (including phenoxy) is 1. The average molecular weight is 375 g/mol. The lowest BCUT2D eigenvalue weighted by atomic mass is 10.0. The quantitative estimate of drug-likeness (QED) is 0.573. The molecule has 6 nitrogen and oxygen atoms in total. The van der Waals surface area contributed by atoms with E-state index < -0.39 is 22.5 Å². The van der Waals surface area contributed by atoms with Crippen molar-refractivity contribution in [2.45, 2.75) is 13.8 Å². The van der Waals surface area contributed by atoms with Crippen LogP contribution >= 0.6 is 0 Å². The highest BCUT2D eigenvalue weighted by atomic mass is 32.2. The third-order valence-electron chi connectivity index (χ3n) is 3.96. The second-order valence-corrected chi connectivity index (χ2v) is 7.93. The number of carbonyl (C=O) groups is 2. The first-order chi connectivity index (χ1) is 12.1. The molecule has 2 aromatic rings. The van der Waals surface area contributed by atoms with E-state index in [1.54, 1.807) is 25.1 Å². The molecule has 0 saturated carbocycles. The van der Waals surface area contributed by atoms with Gasteiger partial charge in [0.25, 0.3) is 0 Å². The van der Waals surface area contributed by atoms with Gasteiger partial charge in [-0.2, -0.15) is 0 Å². The summed E-state index contributed by atoms with van der Waals surface area (Å²) in [5.74, 6) is -1.02. The lowest BCUT2D eigenvalue weighted by Crippen LogP contribution is -2.36. The summed E-state index contributed by atoms with van der Waals surface area (Å²) in [6, 6.07) is 11.6. The number of ketones is 1. The van der Waals surface area contributed by atoms with Gasteiger partial charge < -0.3 is 4.74 Å². The number of esters is 1. The van der Waals surface area contributed by atoms with Gasteiger partial charge in [0, 0.05) is 5.56 Å². The van der Waals surface area contributed by atoms with Gasteiger partial charge in [0.15, 0.2) is 5.78 Å². The summed E-state index contributed by atoms with van der Waals surface area (Å²) in [5, 5.41) is 0. The molecule has 7 heteroatoms. The zero-order chi connectivity index (χ0) is 19.5. The smallest absolute Gasteiger partial charge is 0.340 e. The van der Waals surface area contributed by atoms with Crippen LogP contribution in [0.1, 0.15) is 31.8 Å². The van der Waals surface area contributed by atoms with Crippen LogP contribution in [0.3, 0.4) is 0 Å². The van der Waals surface area contributed by atoms with E-state index in [-0.39, 0.29) is 17.0 Å². The van der Waals surface area contributed by atoms with Gasteiger partial charge in [-0.3, -0.25) is 9.10 Å². The number of aryl methyl sites for hydroxylation is 2. The normalized spacial score (nSPS) is 11.1. The number of benzene rings is 2. The second kappa shape index (κ2) is 7.70. The minimum absolute atomic E-state index is 0.0780. The Labute approximate surface area is 153 Å². The Kier molecular flexibility index (Phi) is 5.82. The third-order valence-corrected chi connectivity index (χ3v) is 5.09. The van der Waals surface area contributed by atoms with Gasteiger partial charge in [-0.25, -0.2) is 13.2 Å². The predicted molar refractivity (Wildman–Crippen MR) is 100 cm³/mol. The molecule has 0 radical (unpaired) electrons. The van der Waals surface area contributed by atoms with Gasteiger partial charge in [-0.05, 0) is 37.6 Å². The maximum Gasteiger partial charge on any atom is 0.340 e. The van der Waals surface area contributed by atoms with Crippen LogP contribution in [0.2, 0.25) is 0 Å². The van der Waals surface area contributed by atoms with Crippen LogP contribution in [0, 0.1) is 13.8 Å². The molecule has 0 aromatic heterocycles. The van der Waals surface area contributed by atoms with Gasteiger partial charge in [-0.15, -0.1) is 0 Å². The number of nitrogens with zero attached hydrogens (tertiary/aromatic N) is 1. The van der Waals surface area contributed by atoms with E-state index in [1.165, 1.54) is 19.2 Å². The van der Waals surface area contributed by atoms with Crippen LogP contribution in [-0.2, 0) is 14.8 Å². The van der Waals surface area contributed by atoms with Crippen LogP contribution in [0.4, 0.5) is 5.69 Å². The van der Waals surface area contributed by atoms with Crippen LogP contribution in [0.5, 0.6) is 0 Å². The van der Waals surface area contributed by atoms with E-state index in [0.717, 1.165) is 21.7 Å². The molecule has 0 fully saturated rings.